The molecule has 10 heteroatoms. The number of sulfonamides is 1. The van der Waals surface area contributed by atoms with E-state index < -0.39 is 37.0 Å². The van der Waals surface area contributed by atoms with Gasteiger partial charge in [-0.1, -0.05) is 12.1 Å². The third-order valence-electron chi connectivity index (χ3n) is 2.64. The minimum Gasteiger partial charge on any atom is -0.353 e. The van der Waals surface area contributed by atoms with E-state index in [2.05, 4.69) is 10.0 Å². The number of nitro groups is 1. The highest BCUT2D eigenvalue weighted by Crippen LogP contribution is 2.22. The molecule has 22 heavy (non-hydrogen) atoms. The summed E-state index contributed by atoms with van der Waals surface area (Å²) in [6.07, 6.45) is 0. The number of rotatable bonds is 7. The molecule has 0 atom stereocenters. The van der Waals surface area contributed by atoms with E-state index in [1.165, 1.54) is 26.0 Å². The third-order valence-corrected chi connectivity index (χ3v) is 4.15. The van der Waals surface area contributed by atoms with Gasteiger partial charge in [-0.2, -0.15) is 0 Å². The van der Waals surface area contributed by atoms with Crippen molar-refractivity contribution in [3.05, 3.63) is 34.4 Å². The average Bonchev–Trinajstić information content (AvgIpc) is 2.42. The Hall–Kier alpha value is -2.04. The highest BCUT2D eigenvalue weighted by molar-refractivity contribution is 7.89. The number of nitro benzene ring substituents is 1. The molecule has 1 rings (SSSR count). The molecular weight excluding hydrogens is 312 g/mol. The zero-order valence-corrected chi connectivity index (χ0v) is 13.0. The van der Waals surface area contributed by atoms with Crippen LogP contribution < -0.4 is 15.8 Å². The van der Waals surface area contributed by atoms with Gasteiger partial charge in [0.05, 0.1) is 10.5 Å². The Morgan fingerprint density at radius 1 is 1.32 bits per heavy atom. The fourth-order valence-electron chi connectivity index (χ4n) is 1.50. The molecule has 122 valence electrons. The van der Waals surface area contributed by atoms with Gasteiger partial charge < -0.3 is 11.1 Å². The molecule has 1 aromatic carbocycles. The molecule has 0 saturated heterocycles. The molecule has 0 spiro atoms. The minimum atomic E-state index is -4.04. The highest BCUT2D eigenvalue weighted by atomic mass is 32.2. The van der Waals surface area contributed by atoms with Gasteiger partial charge in [-0.15, -0.1) is 0 Å². The summed E-state index contributed by atoms with van der Waals surface area (Å²) >= 11 is 0. The van der Waals surface area contributed by atoms with Gasteiger partial charge in [-0.05, 0) is 19.9 Å². The van der Waals surface area contributed by atoms with Crippen molar-refractivity contribution < 1.29 is 18.1 Å². The fraction of sp³-hybridized carbons (Fsp3) is 0.417. The minimum absolute atomic E-state index is 0.0132. The molecule has 0 aliphatic carbocycles. The van der Waals surface area contributed by atoms with E-state index in [9.17, 15) is 23.3 Å². The smallest absolute Gasteiger partial charge is 0.289 e. The zero-order valence-electron chi connectivity index (χ0n) is 12.2. The Balaban J connectivity index is 2.70. The molecule has 0 fully saturated rings. The first-order valence-corrected chi connectivity index (χ1v) is 7.84. The molecule has 1 aromatic rings. The van der Waals surface area contributed by atoms with Crippen LogP contribution in [0.3, 0.4) is 0 Å². The van der Waals surface area contributed by atoms with E-state index >= 15 is 0 Å². The number of nitrogens with two attached hydrogens (primary N) is 1. The molecule has 4 N–H and O–H groups in total. The molecule has 0 radical (unpaired) electrons. The van der Waals surface area contributed by atoms with Gasteiger partial charge in [-0.25, -0.2) is 13.1 Å². The van der Waals surface area contributed by atoms with Crippen LogP contribution >= 0.6 is 0 Å². The molecule has 0 saturated carbocycles. The number of amides is 1. The van der Waals surface area contributed by atoms with Gasteiger partial charge in [0, 0.05) is 19.2 Å². The van der Waals surface area contributed by atoms with Gasteiger partial charge in [0.1, 0.15) is 0 Å². The van der Waals surface area contributed by atoms with Gasteiger partial charge in [0.2, 0.25) is 15.9 Å². The Morgan fingerprint density at radius 2 is 1.91 bits per heavy atom. The van der Waals surface area contributed by atoms with Crippen molar-refractivity contribution >= 4 is 21.6 Å². The fourth-order valence-corrected chi connectivity index (χ4v) is 2.70. The summed E-state index contributed by atoms with van der Waals surface area (Å²) in [6.45, 7) is 2.93. The largest absolute Gasteiger partial charge is 0.353 e. The summed E-state index contributed by atoms with van der Waals surface area (Å²) in [4.78, 5) is 21.1. The predicted octanol–water partition coefficient (Wildman–Crippen LogP) is -0.273. The lowest BCUT2D eigenvalue weighted by Gasteiger charge is -2.17. The van der Waals surface area contributed by atoms with E-state index in [4.69, 9.17) is 5.73 Å². The topological polar surface area (TPSA) is 144 Å². The number of benzene rings is 1. The highest BCUT2D eigenvalue weighted by Gasteiger charge is 2.25. The van der Waals surface area contributed by atoms with Crippen LogP contribution in [0.25, 0.3) is 0 Å². The van der Waals surface area contributed by atoms with Crippen molar-refractivity contribution in [1.29, 1.82) is 0 Å². The zero-order chi connectivity index (χ0) is 17.0. The molecule has 0 bridgehead atoms. The monoisotopic (exact) mass is 330 g/mol. The van der Waals surface area contributed by atoms with E-state index in [-0.39, 0.29) is 13.1 Å². The third kappa shape index (κ3) is 4.76. The molecular formula is C12H18N4O5S. The summed E-state index contributed by atoms with van der Waals surface area (Å²) in [5.41, 5.74) is 3.98. The average molecular weight is 330 g/mol. The first kappa shape index (κ1) is 18.0. The van der Waals surface area contributed by atoms with Crippen molar-refractivity contribution in [3.8, 4) is 0 Å². The Kier molecular flexibility index (Phi) is 5.58. The maximum absolute atomic E-state index is 12.0. The van der Waals surface area contributed by atoms with Gasteiger partial charge in [0.25, 0.3) is 5.69 Å². The molecule has 0 aliphatic rings. The standard InChI is InChI=1S/C12H18N4O5S/c1-12(2,13)11(17)14-7-8-15-22(20,21)10-6-4-3-5-9(10)16(18)19/h3-6,15H,7-8,13H2,1-2H3,(H,14,17). The lowest BCUT2D eigenvalue weighted by molar-refractivity contribution is -0.387. The van der Waals surface area contributed by atoms with Gasteiger partial charge in [-0.3, -0.25) is 14.9 Å². The SMILES string of the molecule is CC(C)(N)C(=O)NCCNS(=O)(=O)c1ccccc1[N+](=O)[O-]. The molecule has 0 heterocycles. The molecule has 1 amide bonds. The second-order valence-corrected chi connectivity index (χ2v) is 6.84. The first-order valence-electron chi connectivity index (χ1n) is 6.36. The molecule has 0 aliphatic heterocycles. The lowest BCUT2D eigenvalue weighted by Crippen LogP contribution is -2.50. The van der Waals surface area contributed by atoms with Crippen LogP contribution in [-0.4, -0.2) is 37.9 Å². The number of para-hydroxylation sites is 1. The van der Waals surface area contributed by atoms with E-state index in [1.807, 2.05) is 0 Å². The number of hydrogen-bond acceptors (Lipinski definition) is 6. The number of carbonyl (C=O) groups is 1. The number of hydrogen-bond donors (Lipinski definition) is 3. The lowest BCUT2D eigenvalue weighted by atomic mass is 10.1. The van der Waals surface area contributed by atoms with Crippen molar-refractivity contribution in [2.75, 3.05) is 13.1 Å². The second-order valence-electron chi connectivity index (χ2n) is 5.10. The Labute approximate surface area is 128 Å². The summed E-state index contributed by atoms with van der Waals surface area (Å²) in [5, 5.41) is 13.3. The number of nitrogens with one attached hydrogen (secondary N) is 2. The maximum atomic E-state index is 12.0. The van der Waals surface area contributed by atoms with Crippen molar-refractivity contribution in [3.63, 3.8) is 0 Å². The number of carbonyl (C=O) groups excluding carboxylic acids is 1. The Morgan fingerprint density at radius 3 is 2.45 bits per heavy atom. The first-order chi connectivity index (χ1) is 10.1. The van der Waals surface area contributed by atoms with Crippen LogP contribution in [0.2, 0.25) is 0 Å². The summed E-state index contributed by atoms with van der Waals surface area (Å²) < 4.78 is 26.3. The van der Waals surface area contributed by atoms with Crippen molar-refractivity contribution in [2.45, 2.75) is 24.3 Å². The van der Waals surface area contributed by atoms with Crippen molar-refractivity contribution in [1.82, 2.24) is 10.0 Å². The summed E-state index contributed by atoms with van der Waals surface area (Å²) in [7, 11) is -4.04. The van der Waals surface area contributed by atoms with Crippen LogP contribution in [0.5, 0.6) is 0 Å². The molecule has 0 unspecified atom stereocenters. The molecule has 0 aromatic heterocycles. The van der Waals surface area contributed by atoms with Crippen LogP contribution in [0, 0.1) is 10.1 Å². The molecule has 9 nitrogen and oxygen atoms in total. The van der Waals surface area contributed by atoms with Crippen LogP contribution in [-0.2, 0) is 14.8 Å². The van der Waals surface area contributed by atoms with Gasteiger partial charge in [0.15, 0.2) is 4.90 Å². The second kappa shape index (κ2) is 6.81. The normalized spacial score (nSPS) is 12.0. The van der Waals surface area contributed by atoms with E-state index in [0.29, 0.717) is 0 Å². The Bertz CT molecular complexity index is 666. The van der Waals surface area contributed by atoms with Crippen LogP contribution in [0.1, 0.15) is 13.8 Å². The number of nitrogens with zero attached hydrogens (tertiary/aromatic N) is 1. The van der Waals surface area contributed by atoms with Gasteiger partial charge >= 0.3 is 0 Å². The summed E-state index contributed by atoms with van der Waals surface area (Å²) in [5.74, 6) is -0.433. The van der Waals surface area contributed by atoms with Crippen molar-refractivity contribution in [2.24, 2.45) is 5.73 Å². The van der Waals surface area contributed by atoms with E-state index in [0.717, 1.165) is 12.1 Å². The quantitative estimate of drug-likeness (QED) is 0.356. The van der Waals surface area contributed by atoms with E-state index in [1.54, 1.807) is 0 Å². The predicted molar refractivity (Wildman–Crippen MR) is 79.6 cm³/mol. The van der Waals surface area contributed by atoms with Crippen LogP contribution in [0.15, 0.2) is 29.2 Å². The van der Waals surface area contributed by atoms with Crippen LogP contribution in [0.4, 0.5) is 5.69 Å². The maximum Gasteiger partial charge on any atom is 0.289 e. The summed E-state index contributed by atoms with van der Waals surface area (Å²) in [6, 6.07) is 5.01.